The minimum absolute atomic E-state index is 0.108. The molecule has 0 fully saturated rings. The van der Waals surface area contributed by atoms with Gasteiger partial charge in [-0.15, -0.1) is 0 Å². The zero-order valence-electron chi connectivity index (χ0n) is 16.2. The minimum atomic E-state index is -0.142. The van der Waals surface area contributed by atoms with Crippen molar-refractivity contribution in [2.75, 3.05) is 6.79 Å². The predicted octanol–water partition coefficient (Wildman–Crippen LogP) is 3.77. The van der Waals surface area contributed by atoms with E-state index < -0.39 is 0 Å². The molecule has 1 amide bonds. The van der Waals surface area contributed by atoms with Crippen molar-refractivity contribution in [2.24, 2.45) is 0 Å². The van der Waals surface area contributed by atoms with Crippen molar-refractivity contribution >= 4 is 5.91 Å². The zero-order chi connectivity index (χ0) is 19.7. The molecule has 1 aliphatic rings. The molecule has 28 heavy (non-hydrogen) atoms. The molecule has 2 heterocycles. The van der Waals surface area contributed by atoms with Gasteiger partial charge in [0.05, 0.1) is 18.3 Å². The number of nitrogens with zero attached hydrogens (tertiary/aromatic N) is 2. The van der Waals surface area contributed by atoms with E-state index in [1.165, 1.54) is 0 Å². The first-order chi connectivity index (χ1) is 13.5. The van der Waals surface area contributed by atoms with Gasteiger partial charge in [-0.2, -0.15) is 5.10 Å². The van der Waals surface area contributed by atoms with Gasteiger partial charge in [0.15, 0.2) is 11.5 Å². The van der Waals surface area contributed by atoms with E-state index in [-0.39, 0.29) is 18.7 Å². The highest BCUT2D eigenvalue weighted by molar-refractivity contribution is 5.94. The molecule has 2 aromatic carbocycles. The number of rotatable bonds is 5. The minimum Gasteiger partial charge on any atom is -0.454 e. The van der Waals surface area contributed by atoms with Crippen LogP contribution in [-0.4, -0.2) is 22.5 Å². The first kappa shape index (κ1) is 18.1. The first-order valence-electron chi connectivity index (χ1n) is 9.30. The summed E-state index contributed by atoms with van der Waals surface area (Å²) in [6.45, 7) is 6.91. The van der Waals surface area contributed by atoms with Crippen LogP contribution in [0, 0.1) is 13.8 Å². The van der Waals surface area contributed by atoms with Crippen molar-refractivity contribution < 1.29 is 14.3 Å². The molecule has 6 heteroatoms. The van der Waals surface area contributed by atoms with Crippen LogP contribution in [0.15, 0.2) is 48.5 Å². The number of aryl methyl sites for hydroxylation is 2. The van der Waals surface area contributed by atoms with Gasteiger partial charge in [-0.25, -0.2) is 0 Å². The van der Waals surface area contributed by atoms with Crippen LogP contribution in [-0.2, 0) is 6.54 Å². The van der Waals surface area contributed by atoms with Gasteiger partial charge in [-0.1, -0.05) is 18.2 Å². The van der Waals surface area contributed by atoms with Gasteiger partial charge in [0, 0.05) is 11.3 Å². The fourth-order valence-corrected chi connectivity index (χ4v) is 3.32. The molecule has 0 saturated carbocycles. The van der Waals surface area contributed by atoms with E-state index in [9.17, 15) is 4.79 Å². The lowest BCUT2D eigenvalue weighted by molar-refractivity contribution is 0.0939. The molecule has 0 aliphatic carbocycles. The number of carbonyl (C=O) groups excluding carboxylic acids is 1. The summed E-state index contributed by atoms with van der Waals surface area (Å²) in [5, 5.41) is 7.51. The fourth-order valence-electron chi connectivity index (χ4n) is 3.32. The number of ether oxygens (including phenoxy) is 2. The number of hydrogen-bond donors (Lipinski definition) is 1. The van der Waals surface area contributed by atoms with Crippen LogP contribution in [0.1, 0.15) is 45.8 Å². The van der Waals surface area contributed by atoms with Crippen molar-refractivity contribution in [3.8, 4) is 11.5 Å². The van der Waals surface area contributed by atoms with Gasteiger partial charge in [0.1, 0.15) is 0 Å². The Hall–Kier alpha value is -3.28. The SMILES string of the molecule is Cc1cc(C)n(Cc2ccc(C(=O)NC(C)c3ccc4c(c3)OCO4)cc2)n1. The Morgan fingerprint density at radius 3 is 2.57 bits per heavy atom. The monoisotopic (exact) mass is 377 g/mol. The van der Waals surface area contributed by atoms with Gasteiger partial charge in [-0.05, 0) is 62.2 Å². The third-order valence-electron chi connectivity index (χ3n) is 4.90. The number of hydrogen-bond acceptors (Lipinski definition) is 4. The molecule has 1 aromatic heterocycles. The lowest BCUT2D eigenvalue weighted by atomic mass is 10.1. The highest BCUT2D eigenvalue weighted by Gasteiger charge is 2.17. The van der Waals surface area contributed by atoms with Crippen LogP contribution in [0.2, 0.25) is 0 Å². The Labute approximate surface area is 164 Å². The largest absolute Gasteiger partial charge is 0.454 e. The van der Waals surface area contributed by atoms with Gasteiger partial charge in [0.25, 0.3) is 5.91 Å². The Morgan fingerprint density at radius 2 is 1.86 bits per heavy atom. The first-order valence-corrected chi connectivity index (χ1v) is 9.30. The summed E-state index contributed by atoms with van der Waals surface area (Å²) < 4.78 is 12.7. The molecular weight excluding hydrogens is 354 g/mol. The molecule has 0 radical (unpaired) electrons. The second kappa shape index (κ2) is 7.38. The number of carbonyl (C=O) groups is 1. The highest BCUT2D eigenvalue weighted by Crippen LogP contribution is 2.34. The summed E-state index contributed by atoms with van der Waals surface area (Å²) in [4.78, 5) is 12.6. The zero-order valence-corrected chi connectivity index (χ0v) is 16.2. The highest BCUT2D eigenvalue weighted by atomic mass is 16.7. The lowest BCUT2D eigenvalue weighted by Crippen LogP contribution is -2.26. The van der Waals surface area contributed by atoms with E-state index in [0.29, 0.717) is 17.9 Å². The molecule has 4 rings (SSSR count). The van der Waals surface area contributed by atoms with E-state index in [1.807, 2.05) is 67.9 Å². The molecule has 6 nitrogen and oxygen atoms in total. The second-order valence-electron chi connectivity index (χ2n) is 7.09. The maximum Gasteiger partial charge on any atom is 0.251 e. The average Bonchev–Trinajstić information content (AvgIpc) is 3.27. The molecule has 1 aliphatic heterocycles. The summed E-state index contributed by atoms with van der Waals surface area (Å²) in [5.74, 6) is 1.34. The standard InChI is InChI=1S/C22H23N3O3/c1-14-10-15(2)25(24-14)12-17-4-6-18(7-5-17)22(26)23-16(3)19-8-9-20-21(11-19)28-13-27-20/h4-11,16H,12-13H2,1-3H3,(H,23,26). The molecular formula is C22H23N3O3. The van der Waals surface area contributed by atoms with Gasteiger partial charge >= 0.3 is 0 Å². The van der Waals surface area contributed by atoms with Gasteiger partial charge in [0.2, 0.25) is 6.79 Å². The Kier molecular flexibility index (Phi) is 4.77. The number of benzene rings is 2. The molecule has 3 aromatic rings. The molecule has 0 bridgehead atoms. The average molecular weight is 377 g/mol. The van der Waals surface area contributed by atoms with Crippen molar-refractivity contribution in [1.82, 2.24) is 15.1 Å². The van der Waals surface area contributed by atoms with E-state index in [4.69, 9.17) is 9.47 Å². The normalized spacial score (nSPS) is 13.4. The van der Waals surface area contributed by atoms with Crippen LogP contribution >= 0.6 is 0 Å². The quantitative estimate of drug-likeness (QED) is 0.735. The van der Waals surface area contributed by atoms with E-state index in [1.54, 1.807) is 0 Å². The number of aromatic nitrogens is 2. The Morgan fingerprint density at radius 1 is 1.11 bits per heavy atom. The topological polar surface area (TPSA) is 65.4 Å². The molecule has 0 spiro atoms. The fraction of sp³-hybridized carbons (Fsp3) is 0.273. The Balaban J connectivity index is 1.41. The van der Waals surface area contributed by atoms with Crippen molar-refractivity contribution in [1.29, 1.82) is 0 Å². The van der Waals surface area contributed by atoms with Crippen LogP contribution in [0.4, 0.5) is 0 Å². The van der Waals surface area contributed by atoms with Crippen LogP contribution < -0.4 is 14.8 Å². The smallest absolute Gasteiger partial charge is 0.251 e. The molecule has 144 valence electrons. The summed E-state index contributed by atoms with van der Waals surface area (Å²) in [6.07, 6.45) is 0. The molecule has 1 unspecified atom stereocenters. The third-order valence-corrected chi connectivity index (χ3v) is 4.90. The molecule has 1 N–H and O–H groups in total. The molecule has 1 atom stereocenters. The van der Waals surface area contributed by atoms with E-state index >= 15 is 0 Å². The number of fused-ring (bicyclic) bond motifs is 1. The van der Waals surface area contributed by atoms with Gasteiger partial charge < -0.3 is 14.8 Å². The summed E-state index contributed by atoms with van der Waals surface area (Å²) in [5.41, 5.74) is 4.83. The van der Waals surface area contributed by atoms with Crippen molar-refractivity contribution in [3.63, 3.8) is 0 Å². The van der Waals surface area contributed by atoms with Crippen LogP contribution in [0.3, 0.4) is 0 Å². The van der Waals surface area contributed by atoms with E-state index in [0.717, 1.165) is 28.3 Å². The molecule has 0 saturated heterocycles. The maximum absolute atomic E-state index is 12.6. The van der Waals surface area contributed by atoms with Crippen LogP contribution in [0.5, 0.6) is 11.5 Å². The van der Waals surface area contributed by atoms with E-state index in [2.05, 4.69) is 16.5 Å². The predicted molar refractivity (Wildman–Crippen MR) is 106 cm³/mol. The lowest BCUT2D eigenvalue weighted by Gasteiger charge is -2.15. The third kappa shape index (κ3) is 3.71. The maximum atomic E-state index is 12.6. The summed E-state index contributed by atoms with van der Waals surface area (Å²) in [7, 11) is 0. The number of nitrogens with one attached hydrogen (secondary N) is 1. The van der Waals surface area contributed by atoms with Gasteiger partial charge in [-0.3, -0.25) is 9.48 Å². The summed E-state index contributed by atoms with van der Waals surface area (Å²) in [6, 6.07) is 15.3. The Bertz CT molecular complexity index is 1010. The van der Waals surface area contributed by atoms with Crippen molar-refractivity contribution in [3.05, 3.63) is 76.6 Å². The summed E-state index contributed by atoms with van der Waals surface area (Å²) >= 11 is 0. The van der Waals surface area contributed by atoms with Crippen molar-refractivity contribution in [2.45, 2.75) is 33.4 Å². The second-order valence-corrected chi connectivity index (χ2v) is 7.09. The number of amides is 1. The van der Waals surface area contributed by atoms with Crippen LogP contribution in [0.25, 0.3) is 0 Å².